The smallest absolute Gasteiger partial charge is 0.242 e. The predicted octanol–water partition coefficient (Wildman–Crippen LogP) is 3.30. The van der Waals surface area contributed by atoms with E-state index in [2.05, 4.69) is 5.32 Å². The van der Waals surface area contributed by atoms with E-state index in [1.807, 2.05) is 42.5 Å². The first-order valence-electron chi connectivity index (χ1n) is 8.74. The maximum atomic E-state index is 13.2. The van der Waals surface area contributed by atoms with Crippen molar-refractivity contribution in [1.29, 1.82) is 0 Å². The summed E-state index contributed by atoms with van der Waals surface area (Å²) in [7, 11) is 1.63. The minimum atomic E-state index is -0.336. The lowest BCUT2D eigenvalue weighted by molar-refractivity contribution is -0.132. The number of likely N-dealkylation sites (N-methyl/N-ethyl adjacent to an activating group) is 1. The van der Waals surface area contributed by atoms with Crippen LogP contribution in [-0.2, 0) is 22.6 Å². The van der Waals surface area contributed by atoms with Gasteiger partial charge in [-0.3, -0.25) is 9.59 Å². The van der Waals surface area contributed by atoms with Crippen molar-refractivity contribution in [2.24, 2.45) is 0 Å². The molecule has 2 amide bonds. The van der Waals surface area contributed by atoms with Crippen LogP contribution in [-0.4, -0.2) is 30.3 Å². The second kappa shape index (κ2) is 8.45. The van der Waals surface area contributed by atoms with Crippen molar-refractivity contribution in [1.82, 2.24) is 10.2 Å². The molecule has 4 nitrogen and oxygen atoms in total. The summed E-state index contributed by atoms with van der Waals surface area (Å²) in [5, 5.41) is 4.78. The first kappa shape index (κ1) is 18.6. The van der Waals surface area contributed by atoms with E-state index < -0.39 is 0 Å². The second-order valence-corrected chi connectivity index (χ2v) is 6.47. The van der Waals surface area contributed by atoms with E-state index >= 15 is 0 Å². The van der Waals surface area contributed by atoms with Gasteiger partial charge in [-0.15, -0.1) is 0 Å². The molecule has 0 fully saturated rings. The number of fused-ring (bicyclic) bond motifs is 1. The van der Waals surface area contributed by atoms with E-state index in [0.717, 1.165) is 16.3 Å². The highest BCUT2D eigenvalue weighted by Crippen LogP contribution is 2.18. The van der Waals surface area contributed by atoms with E-state index in [1.54, 1.807) is 19.2 Å². The van der Waals surface area contributed by atoms with Gasteiger partial charge in [0.05, 0.1) is 13.0 Å². The van der Waals surface area contributed by atoms with Crippen molar-refractivity contribution in [3.63, 3.8) is 0 Å². The number of hydrogen-bond donors (Lipinski definition) is 1. The third-order valence-corrected chi connectivity index (χ3v) is 4.40. The number of hydrogen-bond acceptors (Lipinski definition) is 2. The van der Waals surface area contributed by atoms with Crippen molar-refractivity contribution >= 4 is 22.6 Å². The van der Waals surface area contributed by atoms with Crippen LogP contribution in [0.1, 0.15) is 11.1 Å². The van der Waals surface area contributed by atoms with Crippen LogP contribution in [0.2, 0.25) is 0 Å². The number of amides is 2. The van der Waals surface area contributed by atoms with E-state index in [9.17, 15) is 14.0 Å². The van der Waals surface area contributed by atoms with E-state index in [4.69, 9.17) is 0 Å². The van der Waals surface area contributed by atoms with Crippen LogP contribution in [0.15, 0.2) is 66.7 Å². The monoisotopic (exact) mass is 364 g/mol. The zero-order chi connectivity index (χ0) is 19.2. The van der Waals surface area contributed by atoms with Gasteiger partial charge in [0.15, 0.2) is 0 Å². The fraction of sp³-hybridized carbons (Fsp3) is 0.182. The molecule has 0 spiro atoms. The summed E-state index contributed by atoms with van der Waals surface area (Å²) in [6, 6.07) is 19.8. The molecule has 1 N–H and O–H groups in total. The third-order valence-electron chi connectivity index (χ3n) is 4.40. The van der Waals surface area contributed by atoms with Crippen molar-refractivity contribution in [3.05, 3.63) is 83.7 Å². The van der Waals surface area contributed by atoms with E-state index in [0.29, 0.717) is 5.56 Å². The van der Waals surface area contributed by atoms with Crippen LogP contribution in [0, 0.1) is 5.82 Å². The molecular formula is C22H21FN2O2. The Hall–Kier alpha value is -3.21. The van der Waals surface area contributed by atoms with Crippen molar-refractivity contribution < 1.29 is 14.0 Å². The first-order chi connectivity index (χ1) is 13.0. The summed E-state index contributed by atoms with van der Waals surface area (Å²) in [5.41, 5.74) is 1.62. The largest absolute Gasteiger partial charge is 0.347 e. The van der Waals surface area contributed by atoms with Crippen molar-refractivity contribution in [2.45, 2.75) is 13.0 Å². The molecule has 0 heterocycles. The summed E-state index contributed by atoms with van der Waals surface area (Å²) in [6.07, 6.45) is 0.211. The Kier molecular flexibility index (Phi) is 5.81. The molecule has 3 aromatic carbocycles. The molecule has 138 valence electrons. The topological polar surface area (TPSA) is 49.4 Å². The van der Waals surface area contributed by atoms with Gasteiger partial charge >= 0.3 is 0 Å². The molecule has 0 bridgehead atoms. The Balaban J connectivity index is 1.54. The van der Waals surface area contributed by atoms with Gasteiger partial charge in [-0.2, -0.15) is 0 Å². The SMILES string of the molecule is CN(Cc1cccc(F)c1)C(=O)CNC(=O)Cc1cccc2ccccc12. The lowest BCUT2D eigenvalue weighted by Crippen LogP contribution is -2.38. The second-order valence-electron chi connectivity index (χ2n) is 6.47. The average molecular weight is 364 g/mol. The normalized spacial score (nSPS) is 10.6. The van der Waals surface area contributed by atoms with Crippen LogP contribution in [0.3, 0.4) is 0 Å². The third kappa shape index (κ3) is 4.91. The van der Waals surface area contributed by atoms with Crippen LogP contribution in [0.5, 0.6) is 0 Å². The summed E-state index contributed by atoms with van der Waals surface area (Å²) in [6.45, 7) is 0.200. The van der Waals surface area contributed by atoms with E-state index in [-0.39, 0.29) is 37.1 Å². The summed E-state index contributed by atoms with van der Waals surface area (Å²) in [4.78, 5) is 25.9. The summed E-state index contributed by atoms with van der Waals surface area (Å²) in [5.74, 6) is -0.777. The van der Waals surface area contributed by atoms with Crippen LogP contribution >= 0.6 is 0 Å². The van der Waals surface area contributed by atoms with Gasteiger partial charge in [0.25, 0.3) is 0 Å². The molecule has 0 aliphatic heterocycles. The highest BCUT2D eigenvalue weighted by atomic mass is 19.1. The first-order valence-corrected chi connectivity index (χ1v) is 8.74. The molecule has 3 aromatic rings. The van der Waals surface area contributed by atoms with Crippen molar-refractivity contribution in [2.75, 3.05) is 13.6 Å². The molecule has 3 rings (SSSR count). The molecule has 0 radical (unpaired) electrons. The lowest BCUT2D eigenvalue weighted by atomic mass is 10.0. The van der Waals surface area contributed by atoms with Gasteiger partial charge in [0, 0.05) is 13.6 Å². The molecule has 0 unspecified atom stereocenters. The van der Waals surface area contributed by atoms with Gasteiger partial charge in [-0.05, 0) is 34.0 Å². The Morgan fingerprint density at radius 1 is 1.00 bits per heavy atom. The van der Waals surface area contributed by atoms with E-state index in [1.165, 1.54) is 17.0 Å². The van der Waals surface area contributed by atoms with Gasteiger partial charge in [-0.1, -0.05) is 54.6 Å². The number of benzene rings is 3. The van der Waals surface area contributed by atoms with Gasteiger partial charge < -0.3 is 10.2 Å². The number of nitrogens with one attached hydrogen (secondary N) is 1. The molecule has 5 heteroatoms. The maximum Gasteiger partial charge on any atom is 0.242 e. The van der Waals surface area contributed by atoms with Gasteiger partial charge in [0.2, 0.25) is 11.8 Å². The Bertz CT molecular complexity index is 966. The van der Waals surface area contributed by atoms with Crippen molar-refractivity contribution in [3.8, 4) is 0 Å². The number of carbonyl (C=O) groups is 2. The predicted molar refractivity (Wildman–Crippen MR) is 104 cm³/mol. The number of halogens is 1. The quantitative estimate of drug-likeness (QED) is 0.730. The highest BCUT2D eigenvalue weighted by molar-refractivity contribution is 5.91. The minimum absolute atomic E-state index is 0.0879. The Morgan fingerprint density at radius 3 is 2.56 bits per heavy atom. The maximum absolute atomic E-state index is 13.2. The fourth-order valence-electron chi connectivity index (χ4n) is 2.99. The minimum Gasteiger partial charge on any atom is -0.347 e. The Morgan fingerprint density at radius 2 is 1.74 bits per heavy atom. The highest BCUT2D eigenvalue weighted by Gasteiger charge is 2.12. The lowest BCUT2D eigenvalue weighted by Gasteiger charge is -2.17. The standard InChI is InChI=1S/C22H21FN2O2/c1-25(15-16-6-4-10-19(23)12-16)22(27)14-24-21(26)13-18-9-5-8-17-7-2-3-11-20(17)18/h2-12H,13-15H2,1H3,(H,24,26). The molecule has 0 aromatic heterocycles. The van der Waals surface area contributed by atoms with Crippen LogP contribution < -0.4 is 5.32 Å². The Labute approximate surface area is 157 Å². The summed E-state index contributed by atoms with van der Waals surface area (Å²) >= 11 is 0. The van der Waals surface area contributed by atoms with Gasteiger partial charge in [-0.25, -0.2) is 4.39 Å². The fourth-order valence-corrected chi connectivity index (χ4v) is 2.99. The van der Waals surface area contributed by atoms with Crippen LogP contribution in [0.4, 0.5) is 4.39 Å². The zero-order valence-corrected chi connectivity index (χ0v) is 15.1. The molecule has 0 aliphatic carbocycles. The molecule has 0 aliphatic rings. The summed E-state index contributed by atoms with van der Waals surface area (Å²) < 4.78 is 13.2. The number of carbonyl (C=O) groups excluding carboxylic acids is 2. The van der Waals surface area contributed by atoms with Gasteiger partial charge in [0.1, 0.15) is 5.82 Å². The molecule has 27 heavy (non-hydrogen) atoms. The molecule has 0 atom stereocenters. The number of rotatable bonds is 6. The number of nitrogens with zero attached hydrogens (tertiary/aromatic N) is 1. The molecule has 0 saturated heterocycles. The van der Waals surface area contributed by atoms with Crippen LogP contribution in [0.25, 0.3) is 10.8 Å². The molecule has 0 saturated carbocycles. The average Bonchev–Trinajstić information content (AvgIpc) is 2.66. The zero-order valence-electron chi connectivity index (χ0n) is 15.1. The molecular weight excluding hydrogens is 343 g/mol.